The summed E-state index contributed by atoms with van der Waals surface area (Å²) in [5.41, 5.74) is 6.03. The number of nitrogens with zero attached hydrogens (tertiary/aromatic N) is 1. The second-order valence-electron chi connectivity index (χ2n) is 4.10. The van der Waals surface area contributed by atoms with Crippen molar-refractivity contribution in [3.63, 3.8) is 0 Å². The molecule has 0 aromatic carbocycles. The molecule has 1 rings (SSSR count). The molecule has 0 aromatic heterocycles. The average molecular weight is 226 g/mol. The maximum Gasteiger partial charge on any atom is 0.133 e. The van der Waals surface area contributed by atoms with Crippen molar-refractivity contribution in [3.8, 4) is 0 Å². The normalized spacial score (nSPS) is 19.1. The highest BCUT2D eigenvalue weighted by molar-refractivity contribution is 5.16. The Balaban J connectivity index is 2.08. The van der Waals surface area contributed by atoms with Crippen molar-refractivity contribution < 1.29 is 9.84 Å². The highest BCUT2D eigenvalue weighted by Crippen LogP contribution is 2.18. The van der Waals surface area contributed by atoms with Crippen molar-refractivity contribution in [2.24, 2.45) is 5.73 Å². The van der Waals surface area contributed by atoms with Gasteiger partial charge in [-0.2, -0.15) is 0 Å². The van der Waals surface area contributed by atoms with Crippen molar-refractivity contribution in [1.82, 2.24) is 4.90 Å². The van der Waals surface area contributed by atoms with E-state index >= 15 is 0 Å². The summed E-state index contributed by atoms with van der Waals surface area (Å²) in [5.74, 6) is 0. The Morgan fingerprint density at radius 3 is 2.81 bits per heavy atom. The van der Waals surface area contributed by atoms with E-state index in [1.165, 1.54) is 0 Å². The molecule has 0 radical (unpaired) electrons. The minimum absolute atomic E-state index is 0.241. The zero-order chi connectivity index (χ0) is 12.0. The summed E-state index contributed by atoms with van der Waals surface area (Å²) in [5, 5.41) is 9.75. The lowest BCUT2D eigenvalue weighted by Crippen LogP contribution is -2.56. The summed E-state index contributed by atoms with van der Waals surface area (Å²) < 4.78 is 5.61. The molecule has 3 N–H and O–H groups in total. The van der Waals surface area contributed by atoms with Crippen LogP contribution < -0.4 is 5.73 Å². The monoisotopic (exact) mass is 226 g/mol. The predicted octanol–water partition coefficient (Wildman–Crippen LogP) is 0.487. The minimum atomic E-state index is -0.610. The van der Waals surface area contributed by atoms with E-state index in [4.69, 9.17) is 10.5 Å². The van der Waals surface area contributed by atoms with E-state index in [1.54, 1.807) is 6.08 Å². The molecule has 92 valence electrons. The Kier molecular flexibility index (Phi) is 5.69. The summed E-state index contributed by atoms with van der Waals surface area (Å²) in [4.78, 5) is 1.91. The van der Waals surface area contributed by atoms with Gasteiger partial charge in [0, 0.05) is 19.7 Å². The van der Waals surface area contributed by atoms with E-state index in [0.29, 0.717) is 5.57 Å². The van der Waals surface area contributed by atoms with Crippen LogP contribution in [0.4, 0.5) is 0 Å². The van der Waals surface area contributed by atoms with Crippen molar-refractivity contribution in [3.05, 3.63) is 24.8 Å². The van der Waals surface area contributed by atoms with Crippen LogP contribution in [0.3, 0.4) is 0 Å². The van der Waals surface area contributed by atoms with Crippen LogP contribution in [0.15, 0.2) is 24.8 Å². The first-order valence-corrected chi connectivity index (χ1v) is 5.74. The van der Waals surface area contributed by atoms with Gasteiger partial charge < -0.3 is 15.6 Å². The van der Waals surface area contributed by atoms with Crippen LogP contribution in [0.2, 0.25) is 0 Å². The SMILES string of the molecule is C=CC(=C)C(O)N1CC(OCCCCN)C1. The summed E-state index contributed by atoms with van der Waals surface area (Å²) in [6.45, 7) is 10.3. The largest absolute Gasteiger partial charge is 0.376 e. The maximum atomic E-state index is 9.75. The molecule has 1 heterocycles. The minimum Gasteiger partial charge on any atom is -0.376 e. The van der Waals surface area contributed by atoms with Crippen LogP contribution in [0.1, 0.15) is 12.8 Å². The van der Waals surface area contributed by atoms with Gasteiger partial charge in [0.2, 0.25) is 0 Å². The van der Waals surface area contributed by atoms with Crippen LogP contribution in [-0.2, 0) is 4.74 Å². The first-order chi connectivity index (χ1) is 7.69. The van der Waals surface area contributed by atoms with Crippen molar-refractivity contribution >= 4 is 0 Å². The number of aliphatic hydroxyl groups excluding tert-OH is 1. The Morgan fingerprint density at radius 1 is 1.56 bits per heavy atom. The van der Waals surface area contributed by atoms with Crippen LogP contribution >= 0.6 is 0 Å². The second-order valence-corrected chi connectivity index (χ2v) is 4.10. The molecule has 4 heteroatoms. The van der Waals surface area contributed by atoms with Crippen molar-refractivity contribution in [1.29, 1.82) is 0 Å². The molecule has 0 saturated carbocycles. The molecular formula is C12H22N2O2. The fraction of sp³-hybridized carbons (Fsp3) is 0.667. The van der Waals surface area contributed by atoms with Gasteiger partial charge in [0.25, 0.3) is 0 Å². The van der Waals surface area contributed by atoms with Gasteiger partial charge in [-0.3, -0.25) is 4.90 Å². The third-order valence-corrected chi connectivity index (χ3v) is 2.77. The lowest BCUT2D eigenvalue weighted by atomic mass is 10.1. The zero-order valence-corrected chi connectivity index (χ0v) is 9.77. The fourth-order valence-corrected chi connectivity index (χ4v) is 1.61. The molecule has 1 fully saturated rings. The van der Waals surface area contributed by atoms with Gasteiger partial charge in [-0.05, 0) is 25.0 Å². The molecule has 16 heavy (non-hydrogen) atoms. The van der Waals surface area contributed by atoms with Crippen LogP contribution in [-0.4, -0.2) is 48.6 Å². The highest BCUT2D eigenvalue weighted by atomic mass is 16.5. The Labute approximate surface area is 97.4 Å². The van der Waals surface area contributed by atoms with E-state index in [0.717, 1.165) is 39.1 Å². The quantitative estimate of drug-likeness (QED) is 0.467. The predicted molar refractivity (Wildman–Crippen MR) is 64.9 cm³/mol. The Hall–Kier alpha value is -0.680. The molecule has 1 unspecified atom stereocenters. The third-order valence-electron chi connectivity index (χ3n) is 2.77. The van der Waals surface area contributed by atoms with E-state index in [2.05, 4.69) is 13.2 Å². The molecule has 1 atom stereocenters. The molecule has 4 nitrogen and oxygen atoms in total. The van der Waals surface area contributed by atoms with E-state index in [-0.39, 0.29) is 6.10 Å². The van der Waals surface area contributed by atoms with E-state index < -0.39 is 6.23 Å². The first kappa shape index (κ1) is 13.4. The molecule has 1 aliphatic heterocycles. The van der Waals surface area contributed by atoms with Crippen LogP contribution in [0.25, 0.3) is 0 Å². The Morgan fingerprint density at radius 2 is 2.25 bits per heavy atom. The molecule has 0 aliphatic carbocycles. The number of aliphatic hydroxyl groups is 1. The lowest BCUT2D eigenvalue weighted by Gasteiger charge is -2.42. The summed E-state index contributed by atoms with van der Waals surface area (Å²) in [6.07, 6.45) is 3.23. The van der Waals surface area contributed by atoms with Crippen molar-refractivity contribution in [2.45, 2.75) is 25.2 Å². The van der Waals surface area contributed by atoms with Gasteiger partial charge in [-0.25, -0.2) is 0 Å². The molecule has 0 aromatic rings. The standard InChI is InChI=1S/C12H22N2O2/c1-3-10(2)12(15)14-8-11(9-14)16-7-5-4-6-13/h3,11-12,15H,1-2,4-9,13H2. The van der Waals surface area contributed by atoms with Gasteiger partial charge >= 0.3 is 0 Å². The number of likely N-dealkylation sites (tertiary alicyclic amines) is 1. The summed E-state index contributed by atoms with van der Waals surface area (Å²) in [7, 11) is 0. The number of hydrogen-bond acceptors (Lipinski definition) is 4. The Bertz CT molecular complexity index is 237. The van der Waals surface area contributed by atoms with Crippen molar-refractivity contribution in [2.75, 3.05) is 26.2 Å². The second kappa shape index (κ2) is 6.81. The fourth-order valence-electron chi connectivity index (χ4n) is 1.61. The molecule has 0 amide bonds. The number of unbranched alkanes of at least 4 members (excludes halogenated alkanes) is 1. The molecule has 0 bridgehead atoms. The molecule has 1 saturated heterocycles. The number of rotatable bonds is 8. The van der Waals surface area contributed by atoms with Crippen LogP contribution in [0, 0.1) is 0 Å². The smallest absolute Gasteiger partial charge is 0.133 e. The van der Waals surface area contributed by atoms with Gasteiger partial charge in [0.1, 0.15) is 6.23 Å². The summed E-state index contributed by atoms with van der Waals surface area (Å²) in [6, 6.07) is 0. The van der Waals surface area contributed by atoms with Gasteiger partial charge in [0.05, 0.1) is 6.10 Å². The van der Waals surface area contributed by atoms with E-state index in [1.807, 2.05) is 4.90 Å². The lowest BCUT2D eigenvalue weighted by molar-refractivity contribution is -0.110. The highest BCUT2D eigenvalue weighted by Gasteiger charge is 2.32. The average Bonchev–Trinajstić information content (AvgIpc) is 2.24. The molecular weight excluding hydrogens is 204 g/mol. The summed E-state index contributed by atoms with van der Waals surface area (Å²) >= 11 is 0. The third kappa shape index (κ3) is 3.72. The topological polar surface area (TPSA) is 58.7 Å². The van der Waals surface area contributed by atoms with Gasteiger partial charge in [-0.1, -0.05) is 19.2 Å². The van der Waals surface area contributed by atoms with Crippen LogP contribution in [0.5, 0.6) is 0 Å². The van der Waals surface area contributed by atoms with Gasteiger partial charge in [-0.15, -0.1) is 0 Å². The molecule has 1 aliphatic rings. The number of hydrogen-bond donors (Lipinski definition) is 2. The number of ether oxygens (including phenoxy) is 1. The molecule has 0 spiro atoms. The maximum absolute atomic E-state index is 9.75. The van der Waals surface area contributed by atoms with Gasteiger partial charge in [0.15, 0.2) is 0 Å². The zero-order valence-electron chi connectivity index (χ0n) is 9.77. The number of nitrogens with two attached hydrogens (primary N) is 1. The van der Waals surface area contributed by atoms with E-state index in [9.17, 15) is 5.11 Å². The first-order valence-electron chi connectivity index (χ1n) is 5.74.